The minimum absolute atomic E-state index is 0.0342. The van der Waals surface area contributed by atoms with E-state index in [9.17, 15) is 4.79 Å². The quantitative estimate of drug-likeness (QED) is 0.859. The molecule has 0 aliphatic carbocycles. The largest absolute Gasteiger partial charge is 0.329 e. The van der Waals surface area contributed by atoms with Crippen LogP contribution in [0.2, 0.25) is 0 Å². The third kappa shape index (κ3) is 5.41. The summed E-state index contributed by atoms with van der Waals surface area (Å²) in [6.45, 7) is 4.85. The lowest BCUT2D eigenvalue weighted by Gasteiger charge is -2.15. The van der Waals surface area contributed by atoms with Crippen LogP contribution in [0.25, 0.3) is 0 Å². The predicted molar refractivity (Wildman–Crippen MR) is 78.9 cm³/mol. The van der Waals surface area contributed by atoms with Gasteiger partial charge in [0.2, 0.25) is 0 Å². The molecule has 0 spiro atoms. The van der Waals surface area contributed by atoms with Gasteiger partial charge in [-0.2, -0.15) is 5.26 Å². The first-order chi connectivity index (χ1) is 8.92. The highest BCUT2D eigenvalue weighted by Crippen LogP contribution is 2.19. The maximum absolute atomic E-state index is 11.9. The Kier molecular flexibility index (Phi) is 6.00. The zero-order valence-corrected chi connectivity index (χ0v) is 13.0. The fourth-order valence-corrected chi connectivity index (χ4v) is 2.35. The molecule has 1 rings (SSSR count). The Morgan fingerprint density at radius 1 is 1.58 bits per heavy atom. The van der Waals surface area contributed by atoms with E-state index in [1.54, 1.807) is 0 Å². The number of benzene rings is 1. The van der Waals surface area contributed by atoms with Crippen LogP contribution < -0.4 is 10.2 Å². The van der Waals surface area contributed by atoms with Crippen molar-refractivity contribution in [2.45, 2.75) is 13.8 Å². The topological polar surface area (TPSA) is 57.3 Å². The second kappa shape index (κ2) is 7.27. The van der Waals surface area contributed by atoms with E-state index in [1.807, 2.05) is 39.1 Å². The van der Waals surface area contributed by atoms with Gasteiger partial charge in [-0.3, -0.25) is 4.79 Å². The monoisotopic (exact) mass is 324 g/mol. The SMILES string of the molecule is Cc1cc(Br)ccc1NC(=O)C[NH+](C)C[C@H](C)C#N. The smallest absolute Gasteiger partial charge is 0.279 e. The van der Waals surface area contributed by atoms with Crippen LogP contribution in [0.4, 0.5) is 5.69 Å². The van der Waals surface area contributed by atoms with Crippen LogP contribution in [0, 0.1) is 24.2 Å². The van der Waals surface area contributed by atoms with Gasteiger partial charge in [-0.25, -0.2) is 0 Å². The summed E-state index contributed by atoms with van der Waals surface area (Å²) >= 11 is 3.39. The summed E-state index contributed by atoms with van der Waals surface area (Å²) in [5.41, 5.74) is 1.85. The van der Waals surface area contributed by atoms with Crippen molar-refractivity contribution in [2.24, 2.45) is 5.92 Å². The van der Waals surface area contributed by atoms with Gasteiger partial charge in [0.15, 0.2) is 6.54 Å². The molecule has 0 saturated heterocycles. The third-order valence-electron chi connectivity index (χ3n) is 2.80. The molecular weight excluding hydrogens is 306 g/mol. The number of hydrogen-bond donors (Lipinski definition) is 2. The molecule has 1 aromatic carbocycles. The highest BCUT2D eigenvalue weighted by molar-refractivity contribution is 9.10. The summed E-state index contributed by atoms with van der Waals surface area (Å²) in [5, 5.41) is 11.6. The van der Waals surface area contributed by atoms with E-state index in [0.717, 1.165) is 20.6 Å². The van der Waals surface area contributed by atoms with Gasteiger partial charge in [-0.05, 0) is 37.6 Å². The van der Waals surface area contributed by atoms with Gasteiger partial charge in [-0.1, -0.05) is 15.9 Å². The van der Waals surface area contributed by atoms with Gasteiger partial charge < -0.3 is 10.2 Å². The molecule has 2 atom stereocenters. The number of carbonyl (C=O) groups excluding carboxylic acids is 1. The Hall–Kier alpha value is -1.38. The Morgan fingerprint density at radius 2 is 2.26 bits per heavy atom. The summed E-state index contributed by atoms with van der Waals surface area (Å²) in [7, 11) is 1.92. The number of nitrogens with one attached hydrogen (secondary N) is 2. The average molecular weight is 325 g/mol. The molecule has 0 aliphatic heterocycles. The number of hydrogen-bond acceptors (Lipinski definition) is 2. The van der Waals surface area contributed by atoms with Gasteiger partial charge in [0.25, 0.3) is 5.91 Å². The summed E-state index contributed by atoms with van der Waals surface area (Å²) in [4.78, 5) is 12.9. The van der Waals surface area contributed by atoms with Crippen LogP contribution in [0.15, 0.2) is 22.7 Å². The van der Waals surface area contributed by atoms with Crippen LogP contribution in [-0.4, -0.2) is 26.0 Å². The van der Waals surface area contributed by atoms with E-state index in [-0.39, 0.29) is 11.8 Å². The Morgan fingerprint density at radius 3 is 2.84 bits per heavy atom. The number of quaternary nitrogens is 1. The number of nitrogens with zero attached hydrogens (tertiary/aromatic N) is 1. The first-order valence-corrected chi connectivity index (χ1v) is 6.98. The van der Waals surface area contributed by atoms with E-state index >= 15 is 0 Å². The van der Waals surface area contributed by atoms with Crippen molar-refractivity contribution in [3.63, 3.8) is 0 Å². The molecular formula is C14H19BrN3O+. The minimum atomic E-state index is -0.0396. The molecule has 102 valence electrons. The van der Waals surface area contributed by atoms with Crippen LogP contribution in [0.1, 0.15) is 12.5 Å². The zero-order chi connectivity index (χ0) is 14.4. The molecule has 2 N–H and O–H groups in total. The van der Waals surface area contributed by atoms with E-state index in [4.69, 9.17) is 5.26 Å². The van der Waals surface area contributed by atoms with E-state index in [1.165, 1.54) is 0 Å². The van der Waals surface area contributed by atoms with Crippen LogP contribution in [0.5, 0.6) is 0 Å². The van der Waals surface area contributed by atoms with Gasteiger partial charge in [-0.15, -0.1) is 0 Å². The lowest BCUT2D eigenvalue weighted by Crippen LogP contribution is -3.10. The zero-order valence-electron chi connectivity index (χ0n) is 11.5. The van der Waals surface area contributed by atoms with Crippen LogP contribution >= 0.6 is 15.9 Å². The third-order valence-corrected chi connectivity index (χ3v) is 3.29. The fourth-order valence-electron chi connectivity index (χ4n) is 1.88. The van der Waals surface area contributed by atoms with Crippen molar-refractivity contribution < 1.29 is 9.69 Å². The molecule has 0 aromatic heterocycles. The standard InChI is InChI=1S/C14H18BrN3O/c1-10(7-16)8-18(3)9-14(19)17-13-5-4-12(15)6-11(13)2/h4-6,10H,8-9H2,1-3H3,(H,17,19)/p+1/t10-/m1/s1. The second-order valence-corrected chi connectivity index (χ2v) is 5.79. The number of halogens is 1. The van der Waals surface area contributed by atoms with Gasteiger partial charge in [0, 0.05) is 10.2 Å². The van der Waals surface area contributed by atoms with Crippen molar-refractivity contribution in [3.05, 3.63) is 28.2 Å². The minimum Gasteiger partial charge on any atom is -0.329 e. The maximum atomic E-state index is 11.9. The van der Waals surface area contributed by atoms with E-state index in [0.29, 0.717) is 13.1 Å². The highest BCUT2D eigenvalue weighted by atomic mass is 79.9. The number of likely N-dealkylation sites (N-methyl/N-ethyl adjacent to an activating group) is 1. The maximum Gasteiger partial charge on any atom is 0.279 e. The number of amides is 1. The lowest BCUT2D eigenvalue weighted by molar-refractivity contribution is -0.873. The van der Waals surface area contributed by atoms with Gasteiger partial charge >= 0.3 is 0 Å². The molecule has 1 aromatic rings. The average Bonchev–Trinajstić information content (AvgIpc) is 2.32. The fraction of sp³-hybridized carbons (Fsp3) is 0.429. The molecule has 0 radical (unpaired) electrons. The Bertz CT molecular complexity index is 496. The number of aryl methyl sites for hydroxylation is 1. The number of rotatable bonds is 5. The van der Waals surface area contributed by atoms with Crippen molar-refractivity contribution in [1.29, 1.82) is 5.26 Å². The highest BCUT2D eigenvalue weighted by Gasteiger charge is 2.14. The molecule has 1 amide bonds. The van der Waals surface area contributed by atoms with E-state index in [2.05, 4.69) is 27.3 Å². The van der Waals surface area contributed by atoms with Crippen LogP contribution in [0.3, 0.4) is 0 Å². The van der Waals surface area contributed by atoms with E-state index < -0.39 is 0 Å². The summed E-state index contributed by atoms with van der Waals surface area (Å²) < 4.78 is 0.994. The lowest BCUT2D eigenvalue weighted by atomic mass is 10.2. The van der Waals surface area contributed by atoms with Crippen molar-refractivity contribution in [1.82, 2.24) is 0 Å². The summed E-state index contributed by atoms with van der Waals surface area (Å²) in [5.74, 6) is -0.0738. The number of anilines is 1. The Balaban J connectivity index is 2.54. The molecule has 4 nitrogen and oxygen atoms in total. The molecule has 19 heavy (non-hydrogen) atoms. The molecule has 0 bridgehead atoms. The second-order valence-electron chi connectivity index (χ2n) is 4.88. The molecule has 0 fully saturated rings. The molecule has 0 aliphatic rings. The van der Waals surface area contributed by atoms with Crippen molar-refractivity contribution >= 4 is 27.5 Å². The van der Waals surface area contributed by atoms with Crippen LogP contribution in [-0.2, 0) is 4.79 Å². The molecule has 0 saturated carbocycles. The Labute approximate surface area is 122 Å². The molecule has 5 heteroatoms. The van der Waals surface area contributed by atoms with Gasteiger partial charge in [0.05, 0.1) is 25.6 Å². The van der Waals surface area contributed by atoms with Gasteiger partial charge in [0.1, 0.15) is 0 Å². The summed E-state index contributed by atoms with van der Waals surface area (Å²) in [6, 6.07) is 7.92. The molecule has 1 unspecified atom stereocenters. The number of nitriles is 1. The first kappa shape index (κ1) is 15.7. The molecule has 0 heterocycles. The van der Waals surface area contributed by atoms with Crippen molar-refractivity contribution in [3.8, 4) is 6.07 Å². The first-order valence-electron chi connectivity index (χ1n) is 6.19. The van der Waals surface area contributed by atoms with Crippen molar-refractivity contribution in [2.75, 3.05) is 25.5 Å². The normalized spacial score (nSPS) is 13.4. The summed E-state index contributed by atoms with van der Waals surface area (Å²) in [6.07, 6.45) is 0. The predicted octanol–water partition coefficient (Wildman–Crippen LogP) is 1.37. The number of carbonyl (C=O) groups is 1.